The van der Waals surface area contributed by atoms with E-state index in [4.69, 9.17) is 17.4 Å². The number of anilines is 1. The molecule has 0 spiro atoms. The topological polar surface area (TPSA) is 50.9 Å². The average Bonchev–Trinajstić information content (AvgIpc) is 2.45. The average molecular weight is 334 g/mol. The Bertz CT molecular complexity index is 617. The molecule has 0 saturated carbocycles. The van der Waals surface area contributed by atoms with Crippen LogP contribution in [0.1, 0.15) is 11.1 Å². The monoisotopic (exact) mass is 333 g/mol. The molecular weight excluding hydrogens is 323 g/mol. The van der Waals surface area contributed by atoms with Gasteiger partial charge in [-0.05, 0) is 29.8 Å². The van der Waals surface area contributed by atoms with Gasteiger partial charge in [-0.3, -0.25) is 0 Å². The van der Waals surface area contributed by atoms with Crippen LogP contribution in [0.2, 0.25) is 5.02 Å². The lowest BCUT2D eigenvalue weighted by Gasteiger charge is -2.11. The third-order valence-electron chi connectivity index (χ3n) is 2.58. The molecule has 112 valence electrons. The van der Waals surface area contributed by atoms with E-state index in [-0.39, 0.29) is 10.8 Å². The zero-order valence-electron chi connectivity index (χ0n) is 10.6. The summed E-state index contributed by atoms with van der Waals surface area (Å²) in [5.41, 5.74) is 2.29. The number of nitrogens with one attached hydrogen (secondary N) is 1. The number of benzene rings is 1. The third-order valence-corrected chi connectivity index (χ3v) is 3.81. The van der Waals surface area contributed by atoms with Crippen molar-refractivity contribution in [3.8, 4) is 0 Å². The molecule has 0 aliphatic carbocycles. The van der Waals surface area contributed by atoms with Crippen molar-refractivity contribution in [1.82, 2.24) is 4.98 Å². The summed E-state index contributed by atoms with van der Waals surface area (Å²) < 4.78 is 38.3. The maximum Gasteiger partial charge on any atom is 0.416 e. The Hall–Kier alpha value is -1.44. The molecule has 0 aliphatic rings. The molecule has 3 N–H and O–H groups in total. The lowest BCUT2D eigenvalue weighted by molar-refractivity contribution is -0.137. The molecule has 1 aromatic heterocycles. The van der Waals surface area contributed by atoms with Gasteiger partial charge in [0.1, 0.15) is 5.82 Å². The number of hydrazine groups is 1. The number of nitrogens with two attached hydrogens (primary N) is 1. The molecule has 3 nitrogen and oxygen atoms in total. The summed E-state index contributed by atoms with van der Waals surface area (Å²) in [6, 6.07) is 8.94. The molecule has 1 heterocycles. The summed E-state index contributed by atoms with van der Waals surface area (Å²) in [6.45, 7) is 0. The van der Waals surface area contributed by atoms with Crippen LogP contribution in [0, 0.1) is 0 Å². The highest BCUT2D eigenvalue weighted by Crippen LogP contribution is 2.33. The van der Waals surface area contributed by atoms with Crippen LogP contribution in [0.25, 0.3) is 0 Å². The predicted molar refractivity (Wildman–Crippen MR) is 78.1 cm³/mol. The molecular formula is C13H11ClF3N3S. The Balaban J connectivity index is 2.17. The molecule has 0 bridgehead atoms. The van der Waals surface area contributed by atoms with Gasteiger partial charge < -0.3 is 5.43 Å². The quantitative estimate of drug-likeness (QED) is 0.496. The summed E-state index contributed by atoms with van der Waals surface area (Å²) in [5, 5.41) is 0.850. The number of pyridine rings is 1. The maximum atomic E-state index is 12.8. The van der Waals surface area contributed by atoms with E-state index in [9.17, 15) is 13.2 Å². The van der Waals surface area contributed by atoms with Crippen molar-refractivity contribution in [2.75, 3.05) is 5.43 Å². The van der Waals surface area contributed by atoms with Gasteiger partial charge in [-0.1, -0.05) is 23.7 Å². The Labute approximate surface area is 128 Å². The van der Waals surface area contributed by atoms with Crippen molar-refractivity contribution in [3.63, 3.8) is 0 Å². The van der Waals surface area contributed by atoms with Crippen molar-refractivity contribution in [1.29, 1.82) is 0 Å². The first kappa shape index (κ1) is 15.9. The van der Waals surface area contributed by atoms with Crippen LogP contribution in [-0.4, -0.2) is 4.98 Å². The second-order valence-corrected chi connectivity index (χ2v) is 5.57. The fraction of sp³-hybridized carbons (Fsp3) is 0.154. The van der Waals surface area contributed by atoms with Gasteiger partial charge in [0.05, 0.1) is 10.6 Å². The van der Waals surface area contributed by atoms with Gasteiger partial charge in [0.15, 0.2) is 0 Å². The smallest absolute Gasteiger partial charge is 0.308 e. The number of halogens is 4. The Morgan fingerprint density at radius 3 is 2.43 bits per heavy atom. The van der Waals surface area contributed by atoms with Crippen molar-refractivity contribution in [2.45, 2.75) is 17.0 Å². The van der Waals surface area contributed by atoms with E-state index >= 15 is 0 Å². The zero-order chi connectivity index (χ0) is 15.5. The van der Waals surface area contributed by atoms with Gasteiger partial charge in [-0.2, -0.15) is 13.2 Å². The van der Waals surface area contributed by atoms with E-state index in [2.05, 4.69) is 10.4 Å². The highest BCUT2D eigenvalue weighted by Gasteiger charge is 2.31. The molecule has 2 aromatic rings. The number of nitrogens with zero attached hydrogens (tertiary/aromatic N) is 1. The molecule has 0 radical (unpaired) electrons. The second-order valence-electron chi connectivity index (χ2n) is 4.14. The maximum absolute atomic E-state index is 12.8. The molecule has 0 unspecified atom stereocenters. The third kappa shape index (κ3) is 4.52. The number of rotatable bonds is 4. The Morgan fingerprint density at radius 2 is 1.86 bits per heavy atom. The van der Waals surface area contributed by atoms with Gasteiger partial charge in [0.2, 0.25) is 0 Å². The SMILES string of the molecule is NNc1cc(C(F)(F)F)cc(SCc2ccc(Cl)cc2)n1. The van der Waals surface area contributed by atoms with Crippen molar-refractivity contribution in [2.24, 2.45) is 5.84 Å². The summed E-state index contributed by atoms with van der Waals surface area (Å²) in [4.78, 5) is 4.00. The van der Waals surface area contributed by atoms with Crippen LogP contribution in [0.15, 0.2) is 41.4 Å². The fourth-order valence-electron chi connectivity index (χ4n) is 1.55. The summed E-state index contributed by atoms with van der Waals surface area (Å²) in [6.07, 6.45) is -4.44. The van der Waals surface area contributed by atoms with Gasteiger partial charge >= 0.3 is 6.18 Å². The zero-order valence-corrected chi connectivity index (χ0v) is 12.2. The van der Waals surface area contributed by atoms with E-state index in [1.165, 1.54) is 11.8 Å². The molecule has 0 atom stereocenters. The van der Waals surface area contributed by atoms with Gasteiger partial charge in [0.25, 0.3) is 0 Å². The highest BCUT2D eigenvalue weighted by atomic mass is 35.5. The summed E-state index contributed by atoms with van der Waals surface area (Å²) in [5.74, 6) is 5.61. The van der Waals surface area contributed by atoms with Crippen molar-refractivity contribution >= 4 is 29.2 Å². The van der Waals surface area contributed by atoms with E-state index in [1.807, 2.05) is 12.1 Å². The molecule has 21 heavy (non-hydrogen) atoms. The fourth-order valence-corrected chi connectivity index (χ4v) is 2.56. The second kappa shape index (κ2) is 6.55. The van der Waals surface area contributed by atoms with E-state index in [1.54, 1.807) is 12.1 Å². The molecule has 0 saturated heterocycles. The molecule has 1 aromatic carbocycles. The molecule has 8 heteroatoms. The lowest BCUT2D eigenvalue weighted by Crippen LogP contribution is -2.12. The largest absolute Gasteiger partial charge is 0.416 e. The van der Waals surface area contributed by atoms with Crippen LogP contribution in [0.3, 0.4) is 0 Å². The molecule has 2 rings (SSSR count). The molecule has 0 fully saturated rings. The Kier molecular flexibility index (Phi) is 4.97. The molecule has 0 aliphatic heterocycles. The minimum atomic E-state index is -4.44. The standard InChI is InChI=1S/C13H11ClF3N3S/c14-10-3-1-8(2-4-10)7-21-12-6-9(13(15,16)17)5-11(19-12)20-18/h1-6H,7,18H2,(H,19,20). The normalized spacial score (nSPS) is 11.5. The summed E-state index contributed by atoms with van der Waals surface area (Å²) in [7, 11) is 0. The predicted octanol–water partition coefficient (Wildman–Crippen LogP) is 4.33. The number of hydrogen-bond donors (Lipinski definition) is 2. The van der Waals surface area contributed by atoms with Crippen molar-refractivity contribution in [3.05, 3.63) is 52.5 Å². The van der Waals surface area contributed by atoms with E-state index in [0.29, 0.717) is 10.8 Å². The minimum absolute atomic E-state index is 0.0246. The first-order valence-corrected chi connectivity index (χ1v) is 7.18. The van der Waals surface area contributed by atoms with E-state index < -0.39 is 11.7 Å². The first-order chi connectivity index (χ1) is 9.88. The lowest BCUT2D eigenvalue weighted by atomic mass is 10.2. The van der Waals surface area contributed by atoms with Crippen molar-refractivity contribution < 1.29 is 13.2 Å². The molecule has 0 amide bonds. The number of thioether (sulfide) groups is 1. The Morgan fingerprint density at radius 1 is 1.19 bits per heavy atom. The number of nitrogen functional groups attached to an aromatic ring is 1. The van der Waals surface area contributed by atoms with Gasteiger partial charge in [0, 0.05) is 10.8 Å². The van der Waals surface area contributed by atoms with E-state index in [0.717, 1.165) is 17.7 Å². The van der Waals surface area contributed by atoms with Gasteiger partial charge in [-0.15, -0.1) is 11.8 Å². The van der Waals surface area contributed by atoms with Crippen LogP contribution >= 0.6 is 23.4 Å². The van der Waals surface area contributed by atoms with Crippen LogP contribution in [-0.2, 0) is 11.9 Å². The highest BCUT2D eigenvalue weighted by molar-refractivity contribution is 7.98. The minimum Gasteiger partial charge on any atom is -0.308 e. The number of hydrogen-bond acceptors (Lipinski definition) is 4. The number of alkyl halides is 3. The van der Waals surface area contributed by atoms with Gasteiger partial charge in [-0.25, -0.2) is 10.8 Å². The van der Waals surface area contributed by atoms with Crippen LogP contribution in [0.4, 0.5) is 19.0 Å². The van der Waals surface area contributed by atoms with Crippen LogP contribution in [0.5, 0.6) is 0 Å². The first-order valence-electron chi connectivity index (χ1n) is 5.81. The van der Waals surface area contributed by atoms with Crippen LogP contribution < -0.4 is 11.3 Å². The number of aromatic nitrogens is 1. The summed E-state index contributed by atoms with van der Waals surface area (Å²) >= 11 is 6.96.